The van der Waals surface area contributed by atoms with Gasteiger partial charge in [-0.1, -0.05) is 6.07 Å². The average Bonchev–Trinajstić information content (AvgIpc) is 3.31. The van der Waals surface area contributed by atoms with E-state index in [0.29, 0.717) is 25.9 Å². The summed E-state index contributed by atoms with van der Waals surface area (Å²) in [5.74, 6) is 3.18. The quantitative estimate of drug-likeness (QED) is 0.260. The second-order valence-corrected chi connectivity index (χ2v) is 6.58. The number of hydrogen-bond donors (Lipinski definition) is 1. The smallest absolute Gasteiger partial charge is 0.231 e. The van der Waals surface area contributed by atoms with Crippen molar-refractivity contribution in [3.63, 3.8) is 0 Å². The van der Waals surface area contributed by atoms with Gasteiger partial charge in [-0.05, 0) is 30.5 Å². The van der Waals surface area contributed by atoms with Crippen molar-refractivity contribution in [1.82, 2.24) is 10.2 Å². The van der Waals surface area contributed by atoms with Gasteiger partial charge in [-0.3, -0.25) is 4.99 Å². The second-order valence-electron chi connectivity index (χ2n) is 6.58. The number of likely N-dealkylation sites (tertiary alicyclic amines) is 1. The molecule has 0 aliphatic carbocycles. The molecule has 2 aliphatic heterocycles. The van der Waals surface area contributed by atoms with Gasteiger partial charge >= 0.3 is 0 Å². The highest BCUT2D eigenvalue weighted by atomic mass is 127. The highest BCUT2D eigenvalue weighted by Gasteiger charge is 2.24. The molecule has 1 aromatic rings. The summed E-state index contributed by atoms with van der Waals surface area (Å²) in [6, 6.07) is 6.11. The average molecular weight is 491 g/mol. The summed E-state index contributed by atoms with van der Waals surface area (Å²) in [6.07, 6.45) is 2.04. The van der Waals surface area contributed by atoms with Crippen LogP contribution in [0.2, 0.25) is 0 Å². The van der Waals surface area contributed by atoms with Crippen LogP contribution in [0.25, 0.3) is 0 Å². The highest BCUT2D eigenvalue weighted by molar-refractivity contribution is 14.0. The molecule has 0 bridgehead atoms. The molecule has 1 unspecified atom stereocenters. The van der Waals surface area contributed by atoms with Crippen LogP contribution < -0.4 is 14.8 Å². The maximum atomic E-state index is 5.66. The van der Waals surface area contributed by atoms with E-state index in [9.17, 15) is 0 Å². The van der Waals surface area contributed by atoms with Crippen molar-refractivity contribution >= 4 is 29.9 Å². The molecule has 1 aromatic carbocycles. The lowest BCUT2D eigenvalue weighted by Gasteiger charge is -2.21. The maximum absolute atomic E-state index is 5.66. The van der Waals surface area contributed by atoms with Crippen molar-refractivity contribution < 1.29 is 18.9 Å². The molecule has 1 N–H and O–H groups in total. The lowest BCUT2D eigenvalue weighted by molar-refractivity contribution is 0.0536. The van der Waals surface area contributed by atoms with Crippen molar-refractivity contribution in [3.05, 3.63) is 23.8 Å². The standard InChI is InChI=1S/C19H29N3O4.HI/c1-20-19(22-8-6-16(12-22)13-24-10-9-23-2)21-7-5-15-3-4-17-18(11-15)26-14-25-17;/h3-4,11,16H,5-10,12-14H2,1-2H3,(H,20,21);1H. The Balaban J connectivity index is 0.00000261. The Kier molecular flexibility index (Phi) is 9.43. The largest absolute Gasteiger partial charge is 0.454 e. The number of hydrogen-bond acceptors (Lipinski definition) is 5. The van der Waals surface area contributed by atoms with Crippen LogP contribution in [0.1, 0.15) is 12.0 Å². The van der Waals surface area contributed by atoms with E-state index in [2.05, 4.69) is 27.3 Å². The van der Waals surface area contributed by atoms with Crippen molar-refractivity contribution in [2.75, 3.05) is 60.4 Å². The molecule has 1 saturated heterocycles. The molecule has 0 spiro atoms. The Morgan fingerprint density at radius 1 is 1.30 bits per heavy atom. The molecule has 8 heteroatoms. The van der Waals surface area contributed by atoms with Gasteiger partial charge in [0.05, 0.1) is 19.8 Å². The zero-order valence-corrected chi connectivity index (χ0v) is 18.4. The van der Waals surface area contributed by atoms with Crippen molar-refractivity contribution in [2.45, 2.75) is 12.8 Å². The monoisotopic (exact) mass is 491 g/mol. The molecule has 0 radical (unpaired) electrons. The number of aliphatic imine (C=N–C) groups is 1. The summed E-state index contributed by atoms with van der Waals surface area (Å²) in [7, 11) is 3.53. The minimum atomic E-state index is 0. The van der Waals surface area contributed by atoms with Gasteiger partial charge in [-0.2, -0.15) is 0 Å². The third-order valence-corrected chi connectivity index (χ3v) is 4.72. The van der Waals surface area contributed by atoms with E-state index in [0.717, 1.165) is 56.5 Å². The fraction of sp³-hybridized carbons (Fsp3) is 0.632. The summed E-state index contributed by atoms with van der Waals surface area (Å²) in [5, 5.41) is 3.47. The van der Waals surface area contributed by atoms with E-state index in [1.165, 1.54) is 5.56 Å². The third kappa shape index (κ3) is 6.39. The number of nitrogens with zero attached hydrogens (tertiary/aromatic N) is 2. The molecule has 1 atom stereocenters. The number of nitrogens with one attached hydrogen (secondary N) is 1. The van der Waals surface area contributed by atoms with Gasteiger partial charge in [0.2, 0.25) is 6.79 Å². The SMILES string of the molecule is CN=C(NCCc1ccc2c(c1)OCO2)N1CCC(COCCOC)C1.I. The maximum Gasteiger partial charge on any atom is 0.231 e. The molecule has 152 valence electrons. The zero-order valence-electron chi connectivity index (χ0n) is 16.1. The number of guanidine groups is 1. The first-order valence-electron chi connectivity index (χ1n) is 9.21. The molecule has 2 heterocycles. The van der Waals surface area contributed by atoms with Crippen molar-refractivity contribution in [1.29, 1.82) is 0 Å². The first-order valence-corrected chi connectivity index (χ1v) is 9.21. The van der Waals surface area contributed by atoms with Crippen molar-refractivity contribution in [3.8, 4) is 11.5 Å². The van der Waals surface area contributed by atoms with Gasteiger partial charge < -0.3 is 29.2 Å². The molecule has 0 amide bonds. The Morgan fingerprint density at radius 2 is 2.15 bits per heavy atom. The molecule has 7 nitrogen and oxygen atoms in total. The number of ether oxygens (including phenoxy) is 4. The Labute approximate surface area is 178 Å². The molecule has 0 aromatic heterocycles. The van der Waals surface area contributed by atoms with Gasteiger partial charge in [0.1, 0.15) is 0 Å². The van der Waals surface area contributed by atoms with Crippen LogP contribution in [0, 0.1) is 5.92 Å². The van der Waals surface area contributed by atoms with Crippen LogP contribution in [0.5, 0.6) is 11.5 Å². The summed E-state index contributed by atoms with van der Waals surface area (Å²) in [4.78, 5) is 6.74. The molecule has 3 rings (SSSR count). The normalized spacial score (nSPS) is 18.5. The highest BCUT2D eigenvalue weighted by Crippen LogP contribution is 2.32. The van der Waals surface area contributed by atoms with Crippen LogP contribution in [0.4, 0.5) is 0 Å². The minimum Gasteiger partial charge on any atom is -0.454 e. The van der Waals surface area contributed by atoms with E-state index in [1.807, 2.05) is 13.1 Å². The summed E-state index contributed by atoms with van der Waals surface area (Å²) in [5.41, 5.74) is 1.23. The van der Waals surface area contributed by atoms with Gasteiger partial charge in [-0.25, -0.2) is 0 Å². The number of fused-ring (bicyclic) bond motifs is 1. The molecular weight excluding hydrogens is 461 g/mol. The number of methoxy groups -OCH3 is 1. The predicted molar refractivity (Wildman–Crippen MR) is 115 cm³/mol. The van der Waals surface area contributed by atoms with Crippen LogP contribution in [-0.2, 0) is 15.9 Å². The van der Waals surface area contributed by atoms with Gasteiger partial charge in [0.15, 0.2) is 17.5 Å². The first-order chi connectivity index (χ1) is 12.8. The summed E-state index contributed by atoms with van der Waals surface area (Å²) >= 11 is 0. The van der Waals surface area contributed by atoms with E-state index >= 15 is 0 Å². The Hall–Kier alpha value is -1.26. The topological polar surface area (TPSA) is 64.6 Å². The van der Waals surface area contributed by atoms with Crippen molar-refractivity contribution in [2.24, 2.45) is 10.9 Å². The minimum absolute atomic E-state index is 0. The van der Waals surface area contributed by atoms with Crippen LogP contribution in [-0.4, -0.2) is 71.3 Å². The van der Waals surface area contributed by atoms with E-state index in [-0.39, 0.29) is 24.0 Å². The number of halogens is 1. The van der Waals surface area contributed by atoms with E-state index in [1.54, 1.807) is 7.11 Å². The molecule has 27 heavy (non-hydrogen) atoms. The van der Waals surface area contributed by atoms with Gasteiger partial charge in [-0.15, -0.1) is 24.0 Å². The molecule has 2 aliphatic rings. The number of benzene rings is 1. The van der Waals surface area contributed by atoms with Gasteiger partial charge in [0, 0.05) is 39.7 Å². The predicted octanol–water partition coefficient (Wildman–Crippen LogP) is 2.14. The van der Waals surface area contributed by atoms with Crippen LogP contribution >= 0.6 is 24.0 Å². The molecule has 0 saturated carbocycles. The number of rotatable bonds is 8. The first kappa shape index (κ1) is 22.0. The second kappa shape index (κ2) is 11.6. The fourth-order valence-electron chi connectivity index (χ4n) is 3.30. The fourth-order valence-corrected chi connectivity index (χ4v) is 3.30. The summed E-state index contributed by atoms with van der Waals surface area (Å²) in [6.45, 7) is 5.24. The molecule has 1 fully saturated rings. The van der Waals surface area contributed by atoms with Crippen LogP contribution in [0.3, 0.4) is 0 Å². The summed E-state index contributed by atoms with van der Waals surface area (Å²) < 4.78 is 21.5. The lowest BCUT2D eigenvalue weighted by Crippen LogP contribution is -2.41. The third-order valence-electron chi connectivity index (χ3n) is 4.72. The molecular formula is C19H30IN3O4. The van der Waals surface area contributed by atoms with Gasteiger partial charge in [0.25, 0.3) is 0 Å². The zero-order chi connectivity index (χ0) is 18.2. The van der Waals surface area contributed by atoms with E-state index < -0.39 is 0 Å². The Morgan fingerprint density at radius 3 is 2.96 bits per heavy atom. The van der Waals surface area contributed by atoms with E-state index in [4.69, 9.17) is 18.9 Å². The Bertz CT molecular complexity index is 615. The lowest BCUT2D eigenvalue weighted by atomic mass is 10.1. The van der Waals surface area contributed by atoms with Crippen LogP contribution in [0.15, 0.2) is 23.2 Å².